The molecule has 0 aliphatic heterocycles. The van der Waals surface area contributed by atoms with Gasteiger partial charge in [0.15, 0.2) is 0 Å². The van der Waals surface area contributed by atoms with Gasteiger partial charge in [0.2, 0.25) is 0 Å². The van der Waals surface area contributed by atoms with Gasteiger partial charge in [0.05, 0.1) is 0 Å². The van der Waals surface area contributed by atoms with Crippen molar-refractivity contribution in [1.82, 2.24) is 0 Å². The van der Waals surface area contributed by atoms with Crippen LogP contribution in [0.5, 0.6) is 0 Å². The van der Waals surface area contributed by atoms with Gasteiger partial charge in [0, 0.05) is 0 Å². The maximum atomic E-state index is 3.91. The van der Waals surface area contributed by atoms with Gasteiger partial charge in [-0.15, -0.1) is 0 Å². The monoisotopic (exact) mass is 126 g/mol. The average molecular weight is 126 g/mol. The Morgan fingerprint density at radius 1 is 1.56 bits per heavy atom. The Morgan fingerprint density at radius 3 is 2.44 bits per heavy atom. The first-order valence-corrected chi connectivity index (χ1v) is 3.83. The summed E-state index contributed by atoms with van der Waals surface area (Å²) in [7, 11) is 0. The van der Waals surface area contributed by atoms with Crippen LogP contribution in [0.15, 0.2) is 12.2 Å². The lowest BCUT2D eigenvalue weighted by Crippen LogP contribution is -1.93. The molecule has 0 aliphatic carbocycles. The van der Waals surface area contributed by atoms with Crippen LogP contribution in [0.4, 0.5) is 0 Å². The van der Waals surface area contributed by atoms with E-state index in [-0.39, 0.29) is 0 Å². The topological polar surface area (TPSA) is 0 Å². The number of unbranched alkanes of at least 4 members (excludes halogenated alkanes) is 1. The van der Waals surface area contributed by atoms with E-state index in [0.29, 0.717) is 0 Å². The van der Waals surface area contributed by atoms with E-state index in [1.54, 1.807) is 0 Å². The fourth-order valence-corrected chi connectivity index (χ4v) is 0.757. The molecule has 1 atom stereocenters. The lowest BCUT2D eigenvalue weighted by atomic mass is 9.98. The Labute approximate surface area is 59.0 Å². The highest BCUT2D eigenvalue weighted by molar-refractivity contribution is 4.93. The van der Waals surface area contributed by atoms with Crippen LogP contribution in [0.1, 0.15) is 40.0 Å². The molecular weight excluding hydrogens is 108 g/mol. The Hall–Kier alpha value is -0.260. The first-order chi connectivity index (χ1) is 4.18. The van der Waals surface area contributed by atoms with Crippen LogP contribution in [0.2, 0.25) is 0 Å². The molecule has 9 heavy (non-hydrogen) atoms. The number of rotatable bonds is 4. The second kappa shape index (κ2) is 4.60. The van der Waals surface area contributed by atoms with Crippen molar-refractivity contribution in [3.8, 4) is 0 Å². The molecule has 0 spiro atoms. The van der Waals surface area contributed by atoms with E-state index >= 15 is 0 Å². The molecule has 0 rings (SSSR count). The van der Waals surface area contributed by atoms with E-state index in [0.717, 1.165) is 5.92 Å². The first kappa shape index (κ1) is 8.74. The second-order valence-corrected chi connectivity index (χ2v) is 2.89. The van der Waals surface area contributed by atoms with Gasteiger partial charge in [0.25, 0.3) is 0 Å². The van der Waals surface area contributed by atoms with E-state index in [9.17, 15) is 0 Å². The van der Waals surface area contributed by atoms with Gasteiger partial charge >= 0.3 is 0 Å². The zero-order valence-electron chi connectivity index (χ0n) is 6.91. The molecule has 0 N–H and O–H groups in total. The van der Waals surface area contributed by atoms with Crippen molar-refractivity contribution in [2.45, 2.75) is 40.0 Å². The van der Waals surface area contributed by atoms with Crippen LogP contribution in [-0.2, 0) is 0 Å². The Bertz CT molecular complexity index is 82.0. The minimum atomic E-state index is 0.727. The summed E-state index contributed by atoms with van der Waals surface area (Å²) in [6.45, 7) is 10.5. The summed E-state index contributed by atoms with van der Waals surface area (Å²) in [6.07, 6.45) is 3.96. The summed E-state index contributed by atoms with van der Waals surface area (Å²) in [4.78, 5) is 0. The molecule has 0 amide bonds. The molecule has 0 radical (unpaired) electrons. The molecular formula is C9H18. The third kappa shape index (κ3) is 4.26. The second-order valence-electron chi connectivity index (χ2n) is 2.89. The maximum Gasteiger partial charge on any atom is -0.0237 e. The predicted octanol–water partition coefficient (Wildman–Crippen LogP) is 3.39. The van der Waals surface area contributed by atoms with E-state index in [1.165, 1.54) is 24.8 Å². The smallest absolute Gasteiger partial charge is 0.0237 e. The summed E-state index contributed by atoms with van der Waals surface area (Å²) in [5.74, 6) is 0.727. The minimum Gasteiger partial charge on any atom is -0.0999 e. The largest absolute Gasteiger partial charge is 0.0999 e. The summed E-state index contributed by atoms with van der Waals surface area (Å²) in [6, 6.07) is 0. The van der Waals surface area contributed by atoms with Crippen LogP contribution < -0.4 is 0 Å². The quantitative estimate of drug-likeness (QED) is 0.506. The molecule has 0 saturated carbocycles. The molecule has 0 saturated heterocycles. The van der Waals surface area contributed by atoms with Crippen LogP contribution in [-0.4, -0.2) is 0 Å². The highest BCUT2D eigenvalue weighted by Crippen LogP contribution is 2.14. The van der Waals surface area contributed by atoms with E-state index in [4.69, 9.17) is 0 Å². The van der Waals surface area contributed by atoms with Crippen molar-refractivity contribution in [2.24, 2.45) is 5.92 Å². The fraction of sp³-hybridized carbons (Fsp3) is 0.778. The van der Waals surface area contributed by atoms with Crippen molar-refractivity contribution in [3.05, 3.63) is 12.2 Å². The highest BCUT2D eigenvalue weighted by atomic mass is 14.0. The highest BCUT2D eigenvalue weighted by Gasteiger charge is 1.99. The van der Waals surface area contributed by atoms with Gasteiger partial charge in [-0.25, -0.2) is 0 Å². The van der Waals surface area contributed by atoms with Crippen molar-refractivity contribution in [3.63, 3.8) is 0 Å². The summed E-state index contributed by atoms with van der Waals surface area (Å²) in [5, 5.41) is 0. The van der Waals surface area contributed by atoms with Gasteiger partial charge in [-0.1, -0.05) is 38.8 Å². The molecule has 0 heteroatoms. The summed E-state index contributed by atoms with van der Waals surface area (Å²) >= 11 is 0. The SMILES string of the molecule is C=C(C)[C@H](C)CCCC. The molecule has 0 nitrogen and oxygen atoms in total. The third-order valence-corrected chi connectivity index (χ3v) is 1.83. The average Bonchev–Trinajstić information content (AvgIpc) is 1.82. The van der Waals surface area contributed by atoms with Crippen molar-refractivity contribution < 1.29 is 0 Å². The molecule has 0 unspecified atom stereocenters. The fourth-order valence-electron chi connectivity index (χ4n) is 0.757. The van der Waals surface area contributed by atoms with Crippen LogP contribution in [0, 0.1) is 5.92 Å². The minimum absolute atomic E-state index is 0.727. The lowest BCUT2D eigenvalue weighted by Gasteiger charge is -2.08. The van der Waals surface area contributed by atoms with E-state index in [1.807, 2.05) is 0 Å². The van der Waals surface area contributed by atoms with Gasteiger partial charge in [-0.3, -0.25) is 0 Å². The Kier molecular flexibility index (Phi) is 4.47. The normalized spacial score (nSPS) is 13.2. The van der Waals surface area contributed by atoms with Crippen LogP contribution in [0.25, 0.3) is 0 Å². The molecule has 0 aromatic rings. The van der Waals surface area contributed by atoms with Gasteiger partial charge in [-0.2, -0.15) is 0 Å². The lowest BCUT2D eigenvalue weighted by molar-refractivity contribution is 0.573. The van der Waals surface area contributed by atoms with Gasteiger partial charge < -0.3 is 0 Å². The third-order valence-electron chi connectivity index (χ3n) is 1.83. The number of hydrogen-bond acceptors (Lipinski definition) is 0. The predicted molar refractivity (Wildman–Crippen MR) is 43.5 cm³/mol. The van der Waals surface area contributed by atoms with Crippen LogP contribution >= 0.6 is 0 Å². The zero-order valence-corrected chi connectivity index (χ0v) is 6.91. The Morgan fingerprint density at radius 2 is 2.11 bits per heavy atom. The van der Waals surface area contributed by atoms with E-state index < -0.39 is 0 Å². The first-order valence-electron chi connectivity index (χ1n) is 3.83. The van der Waals surface area contributed by atoms with Gasteiger partial charge in [-0.05, 0) is 19.3 Å². The van der Waals surface area contributed by atoms with Crippen molar-refractivity contribution in [2.75, 3.05) is 0 Å². The van der Waals surface area contributed by atoms with Gasteiger partial charge in [0.1, 0.15) is 0 Å². The molecule has 0 aliphatic rings. The van der Waals surface area contributed by atoms with Crippen molar-refractivity contribution >= 4 is 0 Å². The summed E-state index contributed by atoms with van der Waals surface area (Å²) in [5.41, 5.74) is 1.32. The van der Waals surface area contributed by atoms with E-state index in [2.05, 4.69) is 27.4 Å². The Balaban J connectivity index is 3.27. The zero-order chi connectivity index (χ0) is 7.28. The maximum absolute atomic E-state index is 3.91. The standard InChI is InChI=1S/C9H18/c1-5-6-7-9(4)8(2)3/h9H,2,5-7H2,1,3-4H3/t9-/m1/s1. The number of hydrogen-bond donors (Lipinski definition) is 0. The molecule has 0 heterocycles. The molecule has 0 aromatic carbocycles. The van der Waals surface area contributed by atoms with Crippen molar-refractivity contribution in [1.29, 1.82) is 0 Å². The molecule has 0 bridgehead atoms. The summed E-state index contributed by atoms with van der Waals surface area (Å²) < 4.78 is 0. The molecule has 54 valence electrons. The number of allylic oxidation sites excluding steroid dienone is 1. The molecule has 0 aromatic heterocycles. The molecule has 0 fully saturated rings. The van der Waals surface area contributed by atoms with Crippen LogP contribution in [0.3, 0.4) is 0 Å².